The maximum absolute atomic E-state index is 10.5. The molecule has 0 bridgehead atoms. The van der Waals surface area contributed by atoms with Gasteiger partial charge in [0.2, 0.25) is 0 Å². The van der Waals surface area contributed by atoms with Gasteiger partial charge in [-0.3, -0.25) is 9.68 Å². The summed E-state index contributed by atoms with van der Waals surface area (Å²) in [5.41, 5.74) is -0.703. The fraction of sp³-hybridized carbons (Fsp3) is 0.667. The molecule has 1 unspecified atom stereocenters. The fourth-order valence-corrected chi connectivity index (χ4v) is 0.389. The van der Waals surface area contributed by atoms with Crippen molar-refractivity contribution in [1.82, 2.24) is 0 Å². The molecule has 0 aliphatic heterocycles. The van der Waals surface area contributed by atoms with Gasteiger partial charge in [-0.1, -0.05) is 11.6 Å². The van der Waals surface area contributed by atoms with Crippen LogP contribution in [0.1, 0.15) is 20.3 Å². The maximum atomic E-state index is 10.5. The van der Waals surface area contributed by atoms with Crippen molar-refractivity contribution in [3.8, 4) is 0 Å². The third-order valence-electron chi connectivity index (χ3n) is 0.667. The number of carbonyl (C=O) groups is 2. The quantitative estimate of drug-likeness (QED) is 0.281. The third-order valence-corrected chi connectivity index (χ3v) is 0.740. The van der Waals surface area contributed by atoms with E-state index in [4.69, 9.17) is 11.6 Å². The summed E-state index contributed by atoms with van der Waals surface area (Å²) < 4.78 is 0. The number of halogens is 1. The molecule has 11 heavy (non-hydrogen) atoms. The number of ketones is 1. The van der Waals surface area contributed by atoms with E-state index in [1.54, 1.807) is 0 Å². The van der Waals surface area contributed by atoms with Crippen LogP contribution in [0.4, 0.5) is 0 Å². The predicted octanol–water partition coefficient (Wildman–Crippen LogP) is 1.03. The third kappa shape index (κ3) is 7.29. The van der Waals surface area contributed by atoms with Crippen LogP contribution < -0.4 is 0 Å². The number of carbonyl (C=O) groups excluding carboxylic acids is 2. The molecule has 0 rings (SSSR count). The van der Waals surface area contributed by atoms with Crippen LogP contribution in [-0.4, -0.2) is 17.3 Å². The van der Waals surface area contributed by atoms with E-state index in [1.165, 1.54) is 13.8 Å². The lowest BCUT2D eigenvalue weighted by atomic mass is 10.3. The second-order valence-corrected chi connectivity index (χ2v) is 2.59. The Bertz CT molecular complexity index is 155. The average molecular weight is 181 g/mol. The Morgan fingerprint density at radius 1 is 1.55 bits per heavy atom. The largest absolute Gasteiger partial charge is 0.349 e. The number of Topliss-reactive ketones (excluding diaryl/α,β-unsaturated/α-hetero) is 1. The SMILES string of the molecule is CC(=O)CC(=O)OOC(C)Cl. The van der Waals surface area contributed by atoms with Gasteiger partial charge in [0, 0.05) is 0 Å². The highest BCUT2D eigenvalue weighted by molar-refractivity contribution is 6.19. The van der Waals surface area contributed by atoms with Gasteiger partial charge in [0.25, 0.3) is 0 Å². The van der Waals surface area contributed by atoms with E-state index in [9.17, 15) is 9.59 Å². The Hall–Kier alpha value is -0.610. The molecule has 0 N–H and O–H groups in total. The van der Waals surface area contributed by atoms with Gasteiger partial charge < -0.3 is 0 Å². The Balaban J connectivity index is 3.46. The summed E-state index contributed by atoms with van der Waals surface area (Å²) in [5, 5.41) is 0. The lowest BCUT2D eigenvalue weighted by Crippen LogP contribution is -2.11. The Labute approximate surface area is 69.3 Å². The molecular formula is C6H9ClO4. The van der Waals surface area contributed by atoms with E-state index < -0.39 is 11.5 Å². The van der Waals surface area contributed by atoms with Crippen LogP contribution in [0.3, 0.4) is 0 Å². The molecule has 0 aliphatic carbocycles. The van der Waals surface area contributed by atoms with Gasteiger partial charge in [-0.25, -0.2) is 4.79 Å². The van der Waals surface area contributed by atoms with Crippen molar-refractivity contribution in [3.05, 3.63) is 0 Å². The Kier molecular flexibility index (Phi) is 4.81. The van der Waals surface area contributed by atoms with Crippen molar-refractivity contribution in [1.29, 1.82) is 0 Å². The first kappa shape index (κ1) is 10.4. The minimum absolute atomic E-state index is 0.277. The first-order chi connectivity index (χ1) is 5.02. The molecule has 0 aromatic heterocycles. The molecule has 0 aromatic rings. The highest BCUT2D eigenvalue weighted by Crippen LogP contribution is 1.98. The van der Waals surface area contributed by atoms with Crippen molar-refractivity contribution < 1.29 is 19.4 Å². The van der Waals surface area contributed by atoms with Gasteiger partial charge >= 0.3 is 5.97 Å². The number of rotatable bonds is 4. The first-order valence-corrected chi connectivity index (χ1v) is 3.45. The zero-order valence-electron chi connectivity index (χ0n) is 6.30. The van der Waals surface area contributed by atoms with Gasteiger partial charge in [0.05, 0.1) is 0 Å². The molecule has 5 heteroatoms. The van der Waals surface area contributed by atoms with Crippen molar-refractivity contribution in [3.63, 3.8) is 0 Å². The van der Waals surface area contributed by atoms with Crippen LogP contribution >= 0.6 is 11.6 Å². The molecule has 0 spiro atoms. The van der Waals surface area contributed by atoms with Crippen LogP contribution in [0.5, 0.6) is 0 Å². The van der Waals surface area contributed by atoms with Crippen LogP contribution in [-0.2, 0) is 19.4 Å². The molecule has 0 saturated carbocycles. The topological polar surface area (TPSA) is 52.6 Å². The van der Waals surface area contributed by atoms with Crippen LogP contribution in [0.15, 0.2) is 0 Å². The van der Waals surface area contributed by atoms with Crippen molar-refractivity contribution >= 4 is 23.4 Å². The minimum Gasteiger partial charge on any atom is -0.299 e. The lowest BCUT2D eigenvalue weighted by molar-refractivity contribution is -0.278. The van der Waals surface area contributed by atoms with Gasteiger partial charge in [0.1, 0.15) is 12.2 Å². The van der Waals surface area contributed by atoms with E-state index in [-0.39, 0.29) is 12.2 Å². The summed E-state index contributed by atoms with van der Waals surface area (Å²) in [6.45, 7) is 2.77. The van der Waals surface area contributed by atoms with Crippen molar-refractivity contribution in [2.45, 2.75) is 25.8 Å². The van der Waals surface area contributed by atoms with Crippen LogP contribution in [0, 0.1) is 0 Å². The van der Waals surface area contributed by atoms with Gasteiger partial charge in [-0.15, -0.1) is 0 Å². The van der Waals surface area contributed by atoms with E-state index >= 15 is 0 Å². The zero-order valence-corrected chi connectivity index (χ0v) is 7.05. The van der Waals surface area contributed by atoms with E-state index in [1.807, 2.05) is 0 Å². The zero-order chi connectivity index (χ0) is 8.85. The van der Waals surface area contributed by atoms with Crippen LogP contribution in [0.2, 0.25) is 0 Å². The minimum atomic E-state index is -0.731. The van der Waals surface area contributed by atoms with Gasteiger partial charge in [0.15, 0.2) is 5.56 Å². The highest BCUT2D eigenvalue weighted by Gasteiger charge is 2.08. The van der Waals surface area contributed by atoms with E-state index in [2.05, 4.69) is 9.78 Å². The summed E-state index contributed by atoms with van der Waals surface area (Å²) in [6.07, 6.45) is -0.288. The Morgan fingerprint density at radius 2 is 2.09 bits per heavy atom. The summed E-state index contributed by atoms with van der Waals surface area (Å²) in [5.74, 6) is -1.01. The van der Waals surface area contributed by atoms with E-state index in [0.717, 1.165) is 0 Å². The first-order valence-electron chi connectivity index (χ1n) is 3.02. The summed E-state index contributed by atoms with van der Waals surface area (Å²) in [6, 6.07) is 0. The standard InChI is InChI=1S/C6H9ClO4/c1-4(8)3-6(9)11-10-5(2)7/h5H,3H2,1-2H3. The second kappa shape index (κ2) is 5.09. The smallest absolute Gasteiger partial charge is 0.299 e. The molecule has 0 aliphatic rings. The molecule has 0 aromatic carbocycles. The molecule has 1 atom stereocenters. The normalized spacial score (nSPS) is 12.3. The summed E-state index contributed by atoms with van der Waals surface area (Å²) >= 11 is 5.27. The molecule has 64 valence electrons. The summed E-state index contributed by atoms with van der Waals surface area (Å²) in [7, 11) is 0. The van der Waals surface area contributed by atoms with Crippen LogP contribution in [0.25, 0.3) is 0 Å². The van der Waals surface area contributed by atoms with Crippen molar-refractivity contribution in [2.75, 3.05) is 0 Å². The monoisotopic (exact) mass is 180 g/mol. The molecule has 0 fully saturated rings. The molecule has 0 heterocycles. The molecular weight excluding hydrogens is 172 g/mol. The molecule has 0 amide bonds. The van der Waals surface area contributed by atoms with Gasteiger partial charge in [-0.2, -0.15) is 4.89 Å². The van der Waals surface area contributed by atoms with Crippen molar-refractivity contribution in [2.24, 2.45) is 0 Å². The van der Waals surface area contributed by atoms with E-state index in [0.29, 0.717) is 0 Å². The fourth-order valence-electron chi connectivity index (χ4n) is 0.353. The highest BCUT2D eigenvalue weighted by atomic mass is 35.5. The second-order valence-electron chi connectivity index (χ2n) is 1.97. The molecule has 4 nitrogen and oxygen atoms in total. The predicted molar refractivity (Wildman–Crippen MR) is 37.8 cm³/mol. The number of alkyl halides is 1. The van der Waals surface area contributed by atoms with Gasteiger partial charge in [-0.05, 0) is 13.8 Å². The Morgan fingerprint density at radius 3 is 2.45 bits per heavy atom. The average Bonchev–Trinajstić information content (AvgIpc) is 1.82. The number of hydrogen-bond donors (Lipinski definition) is 0. The molecule has 0 saturated heterocycles. The summed E-state index contributed by atoms with van der Waals surface area (Å²) in [4.78, 5) is 29.2. The lowest BCUT2D eigenvalue weighted by Gasteiger charge is -2.02. The molecule has 0 radical (unpaired) electrons. The maximum Gasteiger partial charge on any atom is 0.349 e. The number of hydrogen-bond acceptors (Lipinski definition) is 4.